The minimum absolute atomic E-state index is 0. The standard InChI is InChI=1S/C8H11N2.C2H6.K/c1-7-2-4-10-5-3-9-6-8(7)10;1-2;/h2,4H,3,5-6H2,1H3;1-2H3;/q-1;;+1. The topological polar surface area (TPSA) is 19.0 Å². The van der Waals surface area contributed by atoms with Crippen molar-refractivity contribution in [2.24, 2.45) is 0 Å². The second-order valence-corrected chi connectivity index (χ2v) is 2.74. The Morgan fingerprint density at radius 1 is 1.38 bits per heavy atom. The molecule has 0 N–H and O–H groups in total. The van der Waals surface area contributed by atoms with Crippen molar-refractivity contribution < 1.29 is 51.4 Å². The SMILES string of the molecule is CC.Cc1ccn2c1C[N-]CC2.[K+]. The van der Waals surface area contributed by atoms with Crippen molar-refractivity contribution in [2.45, 2.75) is 33.9 Å². The van der Waals surface area contributed by atoms with Gasteiger partial charge in [-0.1, -0.05) is 13.8 Å². The molecule has 1 aliphatic rings. The molecule has 3 heteroatoms. The molecule has 1 aromatic heterocycles. The first-order valence-corrected chi connectivity index (χ1v) is 4.66. The van der Waals surface area contributed by atoms with E-state index in [2.05, 4.69) is 29.1 Å². The summed E-state index contributed by atoms with van der Waals surface area (Å²) in [4.78, 5) is 0. The van der Waals surface area contributed by atoms with E-state index in [0.717, 1.165) is 19.6 Å². The van der Waals surface area contributed by atoms with E-state index in [4.69, 9.17) is 0 Å². The van der Waals surface area contributed by atoms with Crippen molar-refractivity contribution in [1.82, 2.24) is 4.57 Å². The molecule has 0 aliphatic carbocycles. The first-order chi connectivity index (χ1) is 5.88. The third-order valence-electron chi connectivity index (χ3n) is 2.07. The van der Waals surface area contributed by atoms with E-state index in [1.54, 1.807) is 0 Å². The maximum Gasteiger partial charge on any atom is 1.00 e. The molecular weight excluding hydrogens is 187 g/mol. The second kappa shape index (κ2) is 7.21. The number of fused-ring (bicyclic) bond motifs is 1. The van der Waals surface area contributed by atoms with Gasteiger partial charge in [0.05, 0.1) is 0 Å². The molecule has 0 saturated carbocycles. The molecule has 0 radical (unpaired) electrons. The maximum atomic E-state index is 4.33. The minimum atomic E-state index is 0. The van der Waals surface area contributed by atoms with Crippen molar-refractivity contribution in [3.63, 3.8) is 0 Å². The monoisotopic (exact) mass is 204 g/mol. The van der Waals surface area contributed by atoms with E-state index in [-0.39, 0.29) is 51.4 Å². The molecule has 1 aromatic rings. The third kappa shape index (κ3) is 3.50. The Kier molecular flexibility index (Phi) is 7.69. The molecule has 0 saturated heterocycles. The smallest absolute Gasteiger partial charge is 0.656 e. The summed E-state index contributed by atoms with van der Waals surface area (Å²) in [6, 6.07) is 2.16. The van der Waals surface area contributed by atoms with Crippen LogP contribution in [0.3, 0.4) is 0 Å². The van der Waals surface area contributed by atoms with Crippen LogP contribution in [-0.4, -0.2) is 11.1 Å². The largest absolute Gasteiger partial charge is 1.00 e. The fraction of sp³-hybridized carbons (Fsp3) is 0.600. The molecule has 0 amide bonds. The molecule has 1 aliphatic heterocycles. The molecule has 0 unspecified atom stereocenters. The summed E-state index contributed by atoms with van der Waals surface area (Å²) in [5, 5.41) is 4.33. The Hall–Kier alpha value is 0.876. The van der Waals surface area contributed by atoms with Gasteiger partial charge < -0.3 is 9.88 Å². The van der Waals surface area contributed by atoms with E-state index in [1.165, 1.54) is 11.3 Å². The second-order valence-electron chi connectivity index (χ2n) is 2.74. The van der Waals surface area contributed by atoms with Gasteiger partial charge in [-0.25, -0.2) is 0 Å². The van der Waals surface area contributed by atoms with Crippen LogP contribution in [0.25, 0.3) is 5.32 Å². The Bertz CT molecular complexity index is 243. The molecular formula is C10H17KN2. The van der Waals surface area contributed by atoms with Crippen LogP contribution in [0.4, 0.5) is 0 Å². The van der Waals surface area contributed by atoms with Gasteiger partial charge in [0.2, 0.25) is 0 Å². The summed E-state index contributed by atoms with van der Waals surface area (Å²) in [5.41, 5.74) is 2.77. The molecule has 0 fully saturated rings. The zero-order valence-electron chi connectivity index (χ0n) is 9.17. The molecule has 0 atom stereocenters. The average Bonchev–Trinajstić information content (AvgIpc) is 2.53. The number of aromatic nitrogens is 1. The molecule has 2 rings (SSSR count). The molecule has 2 heterocycles. The third-order valence-corrected chi connectivity index (χ3v) is 2.07. The van der Waals surface area contributed by atoms with Crippen LogP contribution in [0, 0.1) is 6.92 Å². The van der Waals surface area contributed by atoms with Gasteiger partial charge in [-0.3, -0.25) is 0 Å². The van der Waals surface area contributed by atoms with Crippen LogP contribution in [0.5, 0.6) is 0 Å². The van der Waals surface area contributed by atoms with Crippen LogP contribution in [-0.2, 0) is 13.1 Å². The fourth-order valence-corrected chi connectivity index (χ4v) is 1.40. The molecule has 2 nitrogen and oxygen atoms in total. The predicted octanol–water partition coefficient (Wildman–Crippen LogP) is -0.286. The summed E-state index contributed by atoms with van der Waals surface area (Å²) >= 11 is 0. The van der Waals surface area contributed by atoms with E-state index >= 15 is 0 Å². The van der Waals surface area contributed by atoms with E-state index in [9.17, 15) is 0 Å². The number of aryl methyl sites for hydroxylation is 1. The van der Waals surface area contributed by atoms with Crippen LogP contribution < -0.4 is 51.4 Å². The van der Waals surface area contributed by atoms with Gasteiger partial charge in [0, 0.05) is 12.7 Å². The number of nitrogens with zero attached hydrogens (tertiary/aromatic N) is 2. The van der Waals surface area contributed by atoms with Crippen LogP contribution >= 0.6 is 0 Å². The Balaban J connectivity index is 0.000000451. The zero-order chi connectivity index (χ0) is 8.97. The summed E-state index contributed by atoms with van der Waals surface area (Å²) in [5.74, 6) is 0. The van der Waals surface area contributed by atoms with Gasteiger partial charge in [0.15, 0.2) is 0 Å². The average molecular weight is 204 g/mol. The normalized spacial score (nSPS) is 13.5. The molecule has 0 aromatic carbocycles. The van der Waals surface area contributed by atoms with Crippen molar-refractivity contribution in [1.29, 1.82) is 0 Å². The number of hydrogen-bond donors (Lipinski definition) is 0. The van der Waals surface area contributed by atoms with Gasteiger partial charge in [-0.05, 0) is 24.2 Å². The maximum absolute atomic E-state index is 4.33. The van der Waals surface area contributed by atoms with Crippen molar-refractivity contribution >= 4 is 0 Å². The first kappa shape index (κ1) is 13.9. The quantitative estimate of drug-likeness (QED) is 0.518. The van der Waals surface area contributed by atoms with Crippen molar-refractivity contribution in [3.05, 3.63) is 28.8 Å². The summed E-state index contributed by atoms with van der Waals surface area (Å²) < 4.78 is 2.29. The van der Waals surface area contributed by atoms with E-state index in [0.29, 0.717) is 0 Å². The van der Waals surface area contributed by atoms with Gasteiger partial charge in [-0.2, -0.15) is 0 Å². The van der Waals surface area contributed by atoms with Gasteiger partial charge in [0.1, 0.15) is 0 Å². The van der Waals surface area contributed by atoms with Gasteiger partial charge >= 0.3 is 51.4 Å². The predicted molar refractivity (Wildman–Crippen MR) is 52.4 cm³/mol. The first-order valence-electron chi connectivity index (χ1n) is 4.66. The van der Waals surface area contributed by atoms with Crippen LogP contribution in [0.15, 0.2) is 12.3 Å². The summed E-state index contributed by atoms with van der Waals surface area (Å²) in [6.07, 6.45) is 2.15. The Morgan fingerprint density at radius 2 is 2.08 bits per heavy atom. The zero-order valence-corrected chi connectivity index (χ0v) is 12.3. The summed E-state index contributed by atoms with van der Waals surface area (Å²) in [7, 11) is 0. The molecule has 0 bridgehead atoms. The van der Waals surface area contributed by atoms with Crippen molar-refractivity contribution in [2.75, 3.05) is 6.54 Å². The molecule has 13 heavy (non-hydrogen) atoms. The van der Waals surface area contributed by atoms with Crippen LogP contribution in [0.1, 0.15) is 25.1 Å². The minimum Gasteiger partial charge on any atom is -0.656 e. The summed E-state index contributed by atoms with van der Waals surface area (Å²) in [6.45, 7) is 9.12. The number of hydrogen-bond acceptors (Lipinski definition) is 0. The molecule has 0 spiro atoms. The van der Waals surface area contributed by atoms with E-state index < -0.39 is 0 Å². The van der Waals surface area contributed by atoms with Crippen molar-refractivity contribution in [3.8, 4) is 0 Å². The van der Waals surface area contributed by atoms with Crippen LogP contribution in [0.2, 0.25) is 0 Å². The van der Waals surface area contributed by atoms with Gasteiger partial charge in [-0.15, -0.1) is 13.1 Å². The fourth-order valence-electron chi connectivity index (χ4n) is 1.40. The Labute approximate surface area is 124 Å². The number of rotatable bonds is 0. The van der Waals surface area contributed by atoms with Gasteiger partial charge in [0.25, 0.3) is 0 Å². The Morgan fingerprint density at radius 3 is 2.69 bits per heavy atom. The molecule has 68 valence electrons. The van der Waals surface area contributed by atoms with E-state index in [1.807, 2.05) is 13.8 Å².